The zero-order valence-corrected chi connectivity index (χ0v) is 12.8. The maximum atomic E-state index is 12.0. The number of para-hydroxylation sites is 2. The minimum atomic E-state index is -0.745. The summed E-state index contributed by atoms with van der Waals surface area (Å²) in [6.07, 6.45) is 0. The number of ether oxygens (including phenoxy) is 1. The van der Waals surface area contributed by atoms with Crippen molar-refractivity contribution in [2.75, 3.05) is 17.7 Å². The SMILES string of the molecule is COc1ccccc1NC(=O)C(=O)Nc1cc(C)ccc1C. The second-order valence-electron chi connectivity index (χ2n) is 4.93. The number of methoxy groups -OCH3 is 1. The van der Waals surface area contributed by atoms with Gasteiger partial charge in [0.05, 0.1) is 12.8 Å². The van der Waals surface area contributed by atoms with Crippen molar-refractivity contribution in [1.29, 1.82) is 0 Å². The molecule has 0 bridgehead atoms. The van der Waals surface area contributed by atoms with E-state index in [1.54, 1.807) is 24.3 Å². The molecule has 2 N–H and O–H groups in total. The third-order valence-corrected chi connectivity index (χ3v) is 3.20. The van der Waals surface area contributed by atoms with Gasteiger partial charge in [0.15, 0.2) is 0 Å². The number of aryl methyl sites for hydroxylation is 2. The maximum absolute atomic E-state index is 12.0. The van der Waals surface area contributed by atoms with Gasteiger partial charge in [-0.05, 0) is 43.2 Å². The van der Waals surface area contributed by atoms with Crippen LogP contribution in [0.3, 0.4) is 0 Å². The van der Waals surface area contributed by atoms with E-state index in [1.165, 1.54) is 7.11 Å². The molecule has 0 unspecified atom stereocenters. The summed E-state index contributed by atoms with van der Waals surface area (Å²) in [5.74, 6) is -0.972. The summed E-state index contributed by atoms with van der Waals surface area (Å²) in [5, 5.41) is 5.16. The van der Waals surface area contributed by atoms with E-state index < -0.39 is 11.8 Å². The van der Waals surface area contributed by atoms with Crippen molar-refractivity contribution in [3.63, 3.8) is 0 Å². The molecule has 22 heavy (non-hydrogen) atoms. The Morgan fingerprint density at radius 1 is 0.909 bits per heavy atom. The molecule has 5 heteroatoms. The van der Waals surface area contributed by atoms with Gasteiger partial charge in [0, 0.05) is 5.69 Å². The van der Waals surface area contributed by atoms with Gasteiger partial charge in [-0.1, -0.05) is 24.3 Å². The average molecular weight is 298 g/mol. The summed E-state index contributed by atoms with van der Waals surface area (Å²) in [6.45, 7) is 3.79. The molecule has 0 heterocycles. The quantitative estimate of drug-likeness (QED) is 0.856. The summed E-state index contributed by atoms with van der Waals surface area (Å²) in [6, 6.07) is 12.6. The molecule has 0 radical (unpaired) electrons. The standard InChI is InChI=1S/C17H18N2O3/c1-11-8-9-12(2)14(10-11)19-17(21)16(20)18-13-6-4-5-7-15(13)22-3/h4-10H,1-3H3,(H,18,20)(H,19,21). The van der Waals surface area contributed by atoms with Crippen molar-refractivity contribution in [3.05, 3.63) is 53.6 Å². The first-order valence-electron chi connectivity index (χ1n) is 6.84. The molecule has 0 fully saturated rings. The number of amides is 2. The molecular weight excluding hydrogens is 280 g/mol. The van der Waals surface area contributed by atoms with E-state index in [9.17, 15) is 9.59 Å². The first-order chi connectivity index (χ1) is 10.5. The highest BCUT2D eigenvalue weighted by molar-refractivity contribution is 6.43. The molecule has 2 amide bonds. The van der Waals surface area contributed by atoms with Crippen molar-refractivity contribution in [2.24, 2.45) is 0 Å². The molecule has 2 aromatic carbocycles. The molecule has 5 nitrogen and oxygen atoms in total. The van der Waals surface area contributed by atoms with Crippen LogP contribution < -0.4 is 15.4 Å². The Morgan fingerprint density at radius 3 is 2.23 bits per heavy atom. The highest BCUT2D eigenvalue weighted by Gasteiger charge is 2.16. The van der Waals surface area contributed by atoms with Crippen molar-refractivity contribution in [1.82, 2.24) is 0 Å². The number of hydrogen-bond acceptors (Lipinski definition) is 3. The number of carbonyl (C=O) groups is 2. The van der Waals surface area contributed by atoms with Crippen LogP contribution in [0.2, 0.25) is 0 Å². The largest absolute Gasteiger partial charge is 0.495 e. The molecule has 0 saturated heterocycles. The Morgan fingerprint density at radius 2 is 1.55 bits per heavy atom. The highest BCUT2D eigenvalue weighted by atomic mass is 16.5. The maximum Gasteiger partial charge on any atom is 0.314 e. The fraction of sp³-hybridized carbons (Fsp3) is 0.176. The van der Waals surface area contributed by atoms with Crippen molar-refractivity contribution in [2.45, 2.75) is 13.8 Å². The van der Waals surface area contributed by atoms with Crippen LogP contribution in [0.5, 0.6) is 5.75 Å². The summed E-state index contributed by atoms with van der Waals surface area (Å²) in [4.78, 5) is 24.0. The van der Waals surface area contributed by atoms with Crippen molar-refractivity contribution < 1.29 is 14.3 Å². The zero-order valence-electron chi connectivity index (χ0n) is 12.8. The van der Waals surface area contributed by atoms with Gasteiger partial charge < -0.3 is 15.4 Å². The lowest BCUT2D eigenvalue weighted by molar-refractivity contribution is -0.133. The van der Waals surface area contributed by atoms with Gasteiger partial charge in [-0.25, -0.2) is 0 Å². The Hall–Kier alpha value is -2.82. The van der Waals surface area contributed by atoms with Crippen LogP contribution in [0, 0.1) is 13.8 Å². The number of nitrogens with one attached hydrogen (secondary N) is 2. The number of hydrogen-bond donors (Lipinski definition) is 2. The van der Waals surface area contributed by atoms with Gasteiger partial charge in [-0.2, -0.15) is 0 Å². The Labute approximate surface area is 129 Å². The molecule has 0 atom stereocenters. The molecule has 0 aliphatic heterocycles. The average Bonchev–Trinajstić information content (AvgIpc) is 2.51. The number of anilines is 2. The van der Waals surface area contributed by atoms with E-state index in [1.807, 2.05) is 32.0 Å². The monoisotopic (exact) mass is 298 g/mol. The molecule has 0 aromatic heterocycles. The highest BCUT2D eigenvalue weighted by Crippen LogP contribution is 2.23. The third-order valence-electron chi connectivity index (χ3n) is 3.20. The molecule has 0 spiro atoms. The van der Waals surface area contributed by atoms with Crippen LogP contribution in [-0.4, -0.2) is 18.9 Å². The fourth-order valence-corrected chi connectivity index (χ4v) is 1.98. The normalized spacial score (nSPS) is 9.95. The molecule has 0 saturated carbocycles. The van der Waals surface area contributed by atoms with Gasteiger partial charge in [0.25, 0.3) is 0 Å². The fourth-order valence-electron chi connectivity index (χ4n) is 1.98. The first-order valence-corrected chi connectivity index (χ1v) is 6.84. The minimum absolute atomic E-state index is 0.450. The molecule has 2 rings (SSSR count). The Bertz CT molecular complexity index is 711. The van der Waals surface area contributed by atoms with Crippen molar-refractivity contribution >= 4 is 23.2 Å². The lowest BCUT2D eigenvalue weighted by Gasteiger charge is -2.11. The van der Waals surface area contributed by atoms with Crippen molar-refractivity contribution in [3.8, 4) is 5.75 Å². The Kier molecular flexibility index (Phi) is 4.78. The van der Waals surface area contributed by atoms with Gasteiger partial charge in [-0.3, -0.25) is 9.59 Å². The van der Waals surface area contributed by atoms with Gasteiger partial charge in [-0.15, -0.1) is 0 Å². The molecule has 2 aromatic rings. The van der Waals surface area contributed by atoms with Crippen LogP contribution in [0.15, 0.2) is 42.5 Å². The van der Waals surface area contributed by atoms with Crippen LogP contribution >= 0.6 is 0 Å². The van der Waals surface area contributed by atoms with E-state index >= 15 is 0 Å². The van der Waals surface area contributed by atoms with Crippen LogP contribution in [-0.2, 0) is 9.59 Å². The molecular formula is C17H18N2O3. The second kappa shape index (κ2) is 6.76. The minimum Gasteiger partial charge on any atom is -0.495 e. The summed E-state index contributed by atoms with van der Waals surface area (Å²) in [5.41, 5.74) is 2.97. The Balaban J connectivity index is 2.09. The number of rotatable bonds is 3. The van der Waals surface area contributed by atoms with Crippen LogP contribution in [0.4, 0.5) is 11.4 Å². The van der Waals surface area contributed by atoms with E-state index in [2.05, 4.69) is 10.6 Å². The van der Waals surface area contributed by atoms with E-state index in [0.717, 1.165) is 11.1 Å². The first kappa shape index (κ1) is 15.6. The lowest BCUT2D eigenvalue weighted by Crippen LogP contribution is -2.29. The van der Waals surface area contributed by atoms with Gasteiger partial charge >= 0.3 is 11.8 Å². The van der Waals surface area contributed by atoms with E-state index in [0.29, 0.717) is 17.1 Å². The number of carbonyl (C=O) groups excluding carboxylic acids is 2. The molecule has 0 aliphatic carbocycles. The number of benzene rings is 2. The third kappa shape index (κ3) is 3.63. The molecule has 0 aliphatic rings. The lowest BCUT2D eigenvalue weighted by atomic mass is 10.1. The van der Waals surface area contributed by atoms with Crippen LogP contribution in [0.1, 0.15) is 11.1 Å². The van der Waals surface area contributed by atoms with E-state index in [4.69, 9.17) is 4.74 Å². The topological polar surface area (TPSA) is 67.4 Å². The van der Waals surface area contributed by atoms with Crippen LogP contribution in [0.25, 0.3) is 0 Å². The zero-order chi connectivity index (χ0) is 16.1. The van der Waals surface area contributed by atoms with Gasteiger partial charge in [0.2, 0.25) is 0 Å². The predicted molar refractivity (Wildman–Crippen MR) is 86.2 cm³/mol. The second-order valence-corrected chi connectivity index (χ2v) is 4.93. The summed E-state index contributed by atoms with van der Waals surface area (Å²) in [7, 11) is 1.50. The summed E-state index contributed by atoms with van der Waals surface area (Å²) < 4.78 is 5.13. The predicted octanol–water partition coefficient (Wildman–Crippen LogP) is 2.89. The van der Waals surface area contributed by atoms with E-state index in [-0.39, 0.29) is 0 Å². The smallest absolute Gasteiger partial charge is 0.314 e. The van der Waals surface area contributed by atoms with Gasteiger partial charge in [0.1, 0.15) is 5.75 Å². The molecule has 114 valence electrons. The summed E-state index contributed by atoms with van der Waals surface area (Å²) >= 11 is 0.